The molecule has 0 amide bonds. The lowest BCUT2D eigenvalue weighted by Crippen LogP contribution is -1.98. The maximum atomic E-state index is 13.0. The number of nitrogens with zero attached hydrogens (tertiary/aromatic N) is 2. The van der Waals surface area contributed by atoms with Gasteiger partial charge >= 0.3 is 10.2 Å². The van der Waals surface area contributed by atoms with Gasteiger partial charge in [-0.2, -0.15) is 8.42 Å². The molecule has 15 heavy (non-hydrogen) atoms. The summed E-state index contributed by atoms with van der Waals surface area (Å²) in [6.07, 6.45) is 0. The number of fused-ring (bicyclic) bond motifs is 1. The molecule has 0 spiro atoms. The summed E-state index contributed by atoms with van der Waals surface area (Å²) in [5, 5.41) is 3.56. The highest BCUT2D eigenvalue weighted by molar-refractivity contribution is 7.86. The van der Waals surface area contributed by atoms with Gasteiger partial charge in [0.1, 0.15) is 11.3 Å². The van der Waals surface area contributed by atoms with Gasteiger partial charge in [-0.15, -0.1) is 8.98 Å². The normalized spacial score (nSPS) is 11.9. The van der Waals surface area contributed by atoms with Crippen LogP contribution in [0.3, 0.4) is 0 Å². The molecule has 0 radical (unpaired) electrons. The number of benzene rings is 1. The van der Waals surface area contributed by atoms with Crippen molar-refractivity contribution in [1.29, 1.82) is 0 Å². The number of halogens is 1. The molecule has 1 aromatic heterocycles. The van der Waals surface area contributed by atoms with E-state index in [-0.39, 0.29) is 11.3 Å². The highest BCUT2D eigenvalue weighted by Gasteiger charge is 2.24. The molecule has 1 aromatic carbocycles. The standard InChI is InChI=1S/C7H5FN2O3S2/c1-13-4-2-3-5-6(9-10-14-5)7(4)15(8,11)12/h2-3H,1H3. The van der Waals surface area contributed by atoms with Crippen LogP contribution in [-0.4, -0.2) is 25.1 Å². The zero-order chi connectivity index (χ0) is 11.1. The highest BCUT2D eigenvalue weighted by atomic mass is 32.3. The van der Waals surface area contributed by atoms with Crippen molar-refractivity contribution < 1.29 is 17.0 Å². The predicted octanol–water partition coefficient (Wildman–Crippen LogP) is 1.36. The second-order valence-electron chi connectivity index (χ2n) is 2.65. The van der Waals surface area contributed by atoms with Crippen molar-refractivity contribution in [2.45, 2.75) is 4.90 Å². The molecule has 0 aliphatic rings. The molecule has 2 rings (SSSR count). The summed E-state index contributed by atoms with van der Waals surface area (Å²) in [6.45, 7) is 0. The van der Waals surface area contributed by atoms with Crippen LogP contribution >= 0.6 is 11.5 Å². The predicted molar refractivity (Wildman–Crippen MR) is 52.3 cm³/mol. The van der Waals surface area contributed by atoms with Crippen LogP contribution in [0.4, 0.5) is 3.89 Å². The van der Waals surface area contributed by atoms with Crippen LogP contribution in [0.25, 0.3) is 10.2 Å². The number of ether oxygens (including phenoxy) is 1. The topological polar surface area (TPSA) is 69.2 Å². The Morgan fingerprint density at radius 2 is 2.20 bits per heavy atom. The number of hydrogen-bond donors (Lipinski definition) is 0. The number of hydrogen-bond acceptors (Lipinski definition) is 6. The molecular formula is C7H5FN2O3S2. The molecule has 5 nitrogen and oxygen atoms in total. The summed E-state index contributed by atoms with van der Waals surface area (Å²) in [5.41, 5.74) is 0.00171. The third-order valence-corrected chi connectivity index (χ3v) is 3.37. The molecule has 0 bridgehead atoms. The fourth-order valence-electron chi connectivity index (χ4n) is 1.20. The Hall–Kier alpha value is -1.28. The van der Waals surface area contributed by atoms with E-state index in [0.717, 1.165) is 11.5 Å². The molecule has 2 aromatic rings. The lowest BCUT2D eigenvalue weighted by molar-refractivity contribution is 0.402. The molecule has 80 valence electrons. The van der Waals surface area contributed by atoms with E-state index in [1.54, 1.807) is 6.07 Å². The first kappa shape index (κ1) is 10.2. The van der Waals surface area contributed by atoms with Crippen molar-refractivity contribution in [2.24, 2.45) is 0 Å². The third-order valence-electron chi connectivity index (χ3n) is 1.80. The first-order valence-electron chi connectivity index (χ1n) is 3.78. The van der Waals surface area contributed by atoms with E-state index in [0.29, 0.717) is 4.70 Å². The van der Waals surface area contributed by atoms with Gasteiger partial charge in [0.15, 0.2) is 4.90 Å². The van der Waals surface area contributed by atoms with E-state index in [1.165, 1.54) is 13.2 Å². The zero-order valence-corrected chi connectivity index (χ0v) is 9.10. The molecule has 8 heteroatoms. The second-order valence-corrected chi connectivity index (χ2v) is 4.72. The Kier molecular flexibility index (Phi) is 2.31. The van der Waals surface area contributed by atoms with Crippen molar-refractivity contribution in [1.82, 2.24) is 9.59 Å². The zero-order valence-electron chi connectivity index (χ0n) is 7.47. The average molecular weight is 248 g/mol. The van der Waals surface area contributed by atoms with Crippen LogP contribution in [-0.2, 0) is 10.2 Å². The quantitative estimate of drug-likeness (QED) is 0.750. The molecule has 1 heterocycles. The summed E-state index contributed by atoms with van der Waals surface area (Å²) < 4.78 is 43.7. The van der Waals surface area contributed by atoms with Crippen molar-refractivity contribution in [3.8, 4) is 5.75 Å². The van der Waals surface area contributed by atoms with Gasteiger partial charge in [-0.3, -0.25) is 0 Å². The van der Waals surface area contributed by atoms with E-state index in [1.807, 2.05) is 0 Å². The van der Waals surface area contributed by atoms with Gasteiger partial charge < -0.3 is 4.74 Å². The molecule has 0 unspecified atom stereocenters. The minimum Gasteiger partial charge on any atom is -0.495 e. The molecule has 0 saturated heterocycles. The van der Waals surface area contributed by atoms with Crippen molar-refractivity contribution in [3.63, 3.8) is 0 Å². The molecule has 0 aliphatic carbocycles. The van der Waals surface area contributed by atoms with Gasteiger partial charge in [0.2, 0.25) is 0 Å². The summed E-state index contributed by atoms with van der Waals surface area (Å²) in [5.74, 6) is -0.0716. The molecule has 0 N–H and O–H groups in total. The Bertz CT molecular complexity index is 608. The Balaban J connectivity index is 2.93. The fraction of sp³-hybridized carbons (Fsp3) is 0.143. The SMILES string of the molecule is COc1ccc2snnc2c1S(=O)(=O)F. The molecule has 0 aliphatic heterocycles. The van der Waals surface area contributed by atoms with Crippen molar-refractivity contribution in [2.75, 3.05) is 7.11 Å². The monoisotopic (exact) mass is 248 g/mol. The summed E-state index contributed by atoms with van der Waals surface area (Å²) >= 11 is 0.989. The summed E-state index contributed by atoms with van der Waals surface area (Å²) in [6, 6.07) is 2.95. The van der Waals surface area contributed by atoms with Crippen LogP contribution < -0.4 is 4.74 Å². The number of rotatable bonds is 2. The minimum atomic E-state index is -4.86. The lowest BCUT2D eigenvalue weighted by atomic mass is 10.3. The largest absolute Gasteiger partial charge is 0.495 e. The van der Waals surface area contributed by atoms with E-state index in [9.17, 15) is 12.3 Å². The van der Waals surface area contributed by atoms with Gasteiger partial charge in [-0.05, 0) is 23.7 Å². The van der Waals surface area contributed by atoms with Gasteiger partial charge in [0, 0.05) is 0 Å². The number of aromatic nitrogens is 2. The van der Waals surface area contributed by atoms with Gasteiger partial charge in [-0.1, -0.05) is 4.49 Å². The van der Waals surface area contributed by atoms with Crippen LogP contribution in [0.1, 0.15) is 0 Å². The summed E-state index contributed by atoms with van der Waals surface area (Å²) in [7, 11) is -3.60. The minimum absolute atomic E-state index is 0.00171. The van der Waals surface area contributed by atoms with Crippen LogP contribution in [0, 0.1) is 0 Å². The van der Waals surface area contributed by atoms with Crippen LogP contribution in [0.5, 0.6) is 5.75 Å². The molecule has 0 atom stereocenters. The molecular weight excluding hydrogens is 243 g/mol. The van der Waals surface area contributed by atoms with E-state index in [2.05, 4.69) is 9.59 Å². The van der Waals surface area contributed by atoms with E-state index in [4.69, 9.17) is 4.74 Å². The molecule has 0 fully saturated rings. The molecule has 0 saturated carbocycles. The van der Waals surface area contributed by atoms with Crippen LogP contribution in [0.2, 0.25) is 0 Å². The maximum absolute atomic E-state index is 13.0. The fourth-order valence-corrected chi connectivity index (χ4v) is 2.61. The van der Waals surface area contributed by atoms with Crippen molar-refractivity contribution >= 4 is 32.0 Å². The first-order chi connectivity index (χ1) is 7.04. The number of methoxy groups -OCH3 is 1. The average Bonchev–Trinajstić information content (AvgIpc) is 2.61. The lowest BCUT2D eigenvalue weighted by Gasteiger charge is -2.03. The van der Waals surface area contributed by atoms with E-state index < -0.39 is 15.1 Å². The highest BCUT2D eigenvalue weighted by Crippen LogP contribution is 2.33. The van der Waals surface area contributed by atoms with Crippen LogP contribution in [0.15, 0.2) is 17.0 Å². The Morgan fingerprint density at radius 1 is 1.47 bits per heavy atom. The first-order valence-corrected chi connectivity index (χ1v) is 5.93. The smallest absolute Gasteiger partial charge is 0.338 e. The maximum Gasteiger partial charge on any atom is 0.338 e. The Labute approximate surface area is 88.9 Å². The van der Waals surface area contributed by atoms with Gasteiger partial charge in [-0.25, -0.2) is 0 Å². The summed E-state index contributed by atoms with van der Waals surface area (Å²) in [4.78, 5) is -0.559. The second kappa shape index (κ2) is 3.38. The van der Waals surface area contributed by atoms with Crippen molar-refractivity contribution in [3.05, 3.63) is 12.1 Å². The van der Waals surface area contributed by atoms with E-state index >= 15 is 0 Å². The van der Waals surface area contributed by atoms with Gasteiger partial charge in [0.25, 0.3) is 0 Å². The Morgan fingerprint density at radius 3 is 2.80 bits per heavy atom. The van der Waals surface area contributed by atoms with Gasteiger partial charge in [0.05, 0.1) is 11.8 Å². The third kappa shape index (κ3) is 1.65.